The molecule has 0 atom stereocenters. The molecule has 0 radical (unpaired) electrons. The van der Waals surface area contributed by atoms with Crippen LogP contribution in [0.2, 0.25) is 0 Å². The van der Waals surface area contributed by atoms with Gasteiger partial charge in [0.15, 0.2) is 0 Å². The summed E-state index contributed by atoms with van der Waals surface area (Å²) in [7, 11) is 1.24. The Bertz CT molecular complexity index is 785. The molecule has 0 bridgehead atoms. The maximum atomic E-state index is 12.6. The smallest absolute Gasteiger partial charge is 0.337 e. The number of aryl methyl sites for hydroxylation is 2. The lowest BCUT2D eigenvalue weighted by Crippen LogP contribution is -2.31. The molecule has 0 unspecified atom stereocenters. The molecule has 0 fully saturated rings. The molecule has 1 aromatic rings. The number of esters is 1. The zero-order chi connectivity index (χ0) is 19.4. The van der Waals surface area contributed by atoms with Gasteiger partial charge in [0.05, 0.1) is 37.2 Å². The number of methoxy groups -OCH3 is 1. The van der Waals surface area contributed by atoms with Crippen molar-refractivity contribution in [3.8, 4) is 0 Å². The summed E-state index contributed by atoms with van der Waals surface area (Å²) in [5, 5.41) is 14.9. The van der Waals surface area contributed by atoms with Crippen molar-refractivity contribution in [2.24, 2.45) is 0 Å². The molecule has 0 aromatic heterocycles. The zero-order valence-corrected chi connectivity index (χ0v) is 15.3. The summed E-state index contributed by atoms with van der Waals surface area (Å²) in [5.74, 6) is -1.28. The highest BCUT2D eigenvalue weighted by Crippen LogP contribution is 2.31. The van der Waals surface area contributed by atoms with Crippen LogP contribution in [-0.2, 0) is 19.1 Å². The summed E-state index contributed by atoms with van der Waals surface area (Å²) in [4.78, 5) is 37.6. The molecule has 0 saturated carbocycles. The van der Waals surface area contributed by atoms with Gasteiger partial charge >= 0.3 is 5.97 Å². The van der Waals surface area contributed by atoms with E-state index in [0.29, 0.717) is 11.4 Å². The minimum absolute atomic E-state index is 0.0503. The van der Waals surface area contributed by atoms with Gasteiger partial charge in [-0.1, -0.05) is 6.07 Å². The van der Waals surface area contributed by atoms with E-state index in [9.17, 15) is 14.4 Å². The second-order valence-corrected chi connectivity index (χ2v) is 6.11. The Hall–Kier alpha value is -2.87. The molecule has 1 aliphatic rings. The minimum atomic E-state index is -0.619. The molecule has 140 valence electrons. The lowest BCUT2D eigenvalue weighted by Gasteiger charge is -2.18. The fourth-order valence-corrected chi connectivity index (χ4v) is 2.89. The van der Waals surface area contributed by atoms with Crippen molar-refractivity contribution in [1.29, 1.82) is 0 Å². The Kier molecular flexibility index (Phi) is 5.99. The Morgan fingerprint density at radius 3 is 2.58 bits per heavy atom. The Balaban J connectivity index is 2.48. The van der Waals surface area contributed by atoms with Crippen LogP contribution in [0.15, 0.2) is 23.4 Å². The SMILES string of the molecule is COC(=O)C1=C(Nc2cc(C)cc(C)c2NC(C)=O)C(=O)N(CCO)C1. The molecule has 1 aromatic carbocycles. The van der Waals surface area contributed by atoms with Gasteiger partial charge in [0.2, 0.25) is 5.91 Å². The molecule has 1 aliphatic heterocycles. The highest BCUT2D eigenvalue weighted by molar-refractivity contribution is 6.09. The number of carbonyl (C=O) groups is 3. The third-order valence-corrected chi connectivity index (χ3v) is 3.99. The minimum Gasteiger partial charge on any atom is -0.466 e. The number of amides is 2. The molecule has 1 heterocycles. The van der Waals surface area contributed by atoms with Crippen LogP contribution >= 0.6 is 0 Å². The number of aliphatic hydroxyl groups is 1. The fraction of sp³-hybridized carbons (Fsp3) is 0.389. The first-order chi connectivity index (χ1) is 12.3. The molecule has 8 nitrogen and oxygen atoms in total. The van der Waals surface area contributed by atoms with Crippen molar-refractivity contribution < 1.29 is 24.2 Å². The maximum absolute atomic E-state index is 12.6. The van der Waals surface area contributed by atoms with E-state index in [2.05, 4.69) is 10.6 Å². The summed E-state index contributed by atoms with van der Waals surface area (Å²) in [5.41, 5.74) is 3.06. The standard InChI is InChI=1S/C18H23N3O5/c1-10-7-11(2)15(19-12(3)23)14(8-10)20-16-13(18(25)26-4)9-21(5-6-22)17(16)24/h7-8,20,22H,5-6,9H2,1-4H3,(H,19,23). The highest BCUT2D eigenvalue weighted by Gasteiger charge is 2.34. The Morgan fingerprint density at radius 1 is 1.31 bits per heavy atom. The van der Waals surface area contributed by atoms with E-state index in [1.54, 1.807) is 6.07 Å². The second-order valence-electron chi connectivity index (χ2n) is 6.11. The van der Waals surface area contributed by atoms with Crippen molar-refractivity contribution in [3.63, 3.8) is 0 Å². The number of aliphatic hydroxyl groups excluding tert-OH is 1. The molecule has 0 spiro atoms. The molecule has 26 heavy (non-hydrogen) atoms. The van der Waals surface area contributed by atoms with Crippen LogP contribution in [0.4, 0.5) is 11.4 Å². The Morgan fingerprint density at radius 2 is 2.00 bits per heavy atom. The average Bonchev–Trinajstić information content (AvgIpc) is 2.87. The van der Waals surface area contributed by atoms with Gasteiger partial charge in [-0.25, -0.2) is 4.79 Å². The summed E-state index contributed by atoms with van der Waals surface area (Å²) >= 11 is 0. The number of nitrogens with zero attached hydrogens (tertiary/aromatic N) is 1. The number of nitrogens with one attached hydrogen (secondary N) is 2. The number of hydrogen-bond donors (Lipinski definition) is 3. The number of β-amino-alcohol motifs (C(OH)–C–C–N with tert-alkyl or cyclic N) is 1. The van der Waals surface area contributed by atoms with Crippen molar-refractivity contribution in [3.05, 3.63) is 34.5 Å². The normalized spacial score (nSPS) is 13.9. The topological polar surface area (TPSA) is 108 Å². The molecule has 8 heteroatoms. The van der Waals surface area contributed by atoms with Crippen molar-refractivity contribution in [2.75, 3.05) is 37.4 Å². The quantitative estimate of drug-likeness (QED) is 0.651. The number of anilines is 2. The largest absolute Gasteiger partial charge is 0.466 e. The highest BCUT2D eigenvalue weighted by atomic mass is 16.5. The van der Waals surface area contributed by atoms with Gasteiger partial charge in [0.25, 0.3) is 5.91 Å². The number of rotatable bonds is 6. The van der Waals surface area contributed by atoms with Gasteiger partial charge < -0.3 is 25.4 Å². The van der Waals surface area contributed by atoms with Crippen LogP contribution in [0, 0.1) is 13.8 Å². The van der Waals surface area contributed by atoms with Gasteiger partial charge in [-0.15, -0.1) is 0 Å². The monoisotopic (exact) mass is 361 g/mol. The van der Waals surface area contributed by atoms with Gasteiger partial charge in [0.1, 0.15) is 5.70 Å². The van der Waals surface area contributed by atoms with Gasteiger partial charge in [0, 0.05) is 13.5 Å². The lowest BCUT2D eigenvalue weighted by molar-refractivity contribution is -0.136. The number of carbonyl (C=O) groups excluding carboxylic acids is 3. The third kappa shape index (κ3) is 4.02. The maximum Gasteiger partial charge on any atom is 0.337 e. The van der Waals surface area contributed by atoms with Crippen LogP contribution in [-0.4, -0.2) is 54.6 Å². The summed E-state index contributed by atoms with van der Waals surface area (Å²) < 4.78 is 4.77. The van der Waals surface area contributed by atoms with Crippen LogP contribution in [0.5, 0.6) is 0 Å². The third-order valence-electron chi connectivity index (χ3n) is 3.99. The van der Waals surface area contributed by atoms with E-state index in [0.717, 1.165) is 11.1 Å². The molecular formula is C18H23N3O5. The van der Waals surface area contributed by atoms with Gasteiger partial charge in [-0.3, -0.25) is 9.59 Å². The van der Waals surface area contributed by atoms with E-state index < -0.39 is 11.9 Å². The van der Waals surface area contributed by atoms with E-state index in [4.69, 9.17) is 9.84 Å². The van der Waals surface area contributed by atoms with Crippen molar-refractivity contribution in [2.45, 2.75) is 20.8 Å². The van der Waals surface area contributed by atoms with Gasteiger partial charge in [-0.05, 0) is 31.0 Å². The average molecular weight is 361 g/mol. The van der Waals surface area contributed by atoms with Gasteiger partial charge in [-0.2, -0.15) is 0 Å². The van der Waals surface area contributed by atoms with E-state index >= 15 is 0 Å². The first-order valence-electron chi connectivity index (χ1n) is 8.16. The number of benzene rings is 1. The zero-order valence-electron chi connectivity index (χ0n) is 15.3. The van der Waals surface area contributed by atoms with Crippen molar-refractivity contribution >= 4 is 29.2 Å². The van der Waals surface area contributed by atoms with Crippen LogP contribution in [0.1, 0.15) is 18.1 Å². The van der Waals surface area contributed by atoms with Crippen LogP contribution in [0.3, 0.4) is 0 Å². The van der Waals surface area contributed by atoms with E-state index in [-0.39, 0.29) is 36.9 Å². The molecular weight excluding hydrogens is 338 g/mol. The van der Waals surface area contributed by atoms with Crippen molar-refractivity contribution in [1.82, 2.24) is 4.90 Å². The summed E-state index contributed by atoms with van der Waals surface area (Å²) in [6, 6.07) is 3.68. The summed E-state index contributed by atoms with van der Waals surface area (Å²) in [6.07, 6.45) is 0. The predicted octanol–water partition coefficient (Wildman–Crippen LogP) is 0.935. The van der Waals surface area contributed by atoms with Crippen LogP contribution in [0.25, 0.3) is 0 Å². The lowest BCUT2D eigenvalue weighted by atomic mass is 10.1. The predicted molar refractivity (Wildman–Crippen MR) is 96.6 cm³/mol. The van der Waals surface area contributed by atoms with Crippen LogP contribution < -0.4 is 10.6 Å². The molecule has 2 rings (SSSR count). The second kappa shape index (κ2) is 8.01. The van der Waals surface area contributed by atoms with E-state index in [1.165, 1.54) is 18.9 Å². The first-order valence-corrected chi connectivity index (χ1v) is 8.16. The Labute approximate surface area is 151 Å². The molecule has 0 saturated heterocycles. The number of hydrogen-bond acceptors (Lipinski definition) is 6. The summed E-state index contributed by atoms with van der Waals surface area (Å²) in [6.45, 7) is 5.07. The molecule has 2 amide bonds. The first kappa shape index (κ1) is 19.5. The van der Waals surface area contributed by atoms with E-state index in [1.807, 2.05) is 19.9 Å². The fourth-order valence-electron chi connectivity index (χ4n) is 2.89. The molecule has 3 N–H and O–H groups in total. The number of ether oxygens (including phenoxy) is 1. The molecule has 0 aliphatic carbocycles.